The predicted molar refractivity (Wildman–Crippen MR) is 170 cm³/mol. The second-order valence-corrected chi connectivity index (χ2v) is 11.9. The molecule has 226 valence electrons. The molecule has 0 saturated carbocycles. The van der Waals surface area contributed by atoms with Crippen LogP contribution in [0.2, 0.25) is 0 Å². The Kier molecular flexibility index (Phi) is 31.7. The molecule has 0 aliphatic heterocycles. The molecule has 0 heterocycles. The Hall–Kier alpha value is -0.790. The molecule has 0 aromatic carbocycles. The van der Waals surface area contributed by atoms with E-state index in [1.54, 1.807) is 0 Å². The van der Waals surface area contributed by atoms with E-state index in [1.807, 2.05) is 0 Å². The highest BCUT2D eigenvalue weighted by Gasteiger charge is 2.14. The molecule has 38 heavy (non-hydrogen) atoms. The van der Waals surface area contributed by atoms with E-state index in [-0.39, 0.29) is 12.1 Å². The molecule has 0 amide bonds. The van der Waals surface area contributed by atoms with Gasteiger partial charge in [0, 0.05) is 6.42 Å². The van der Waals surface area contributed by atoms with Gasteiger partial charge >= 0.3 is 5.97 Å². The van der Waals surface area contributed by atoms with Crippen molar-refractivity contribution in [3.8, 4) is 0 Å². The highest BCUT2D eigenvalue weighted by molar-refractivity contribution is 5.69. The fourth-order valence-electron chi connectivity index (χ4n) is 5.33. The van der Waals surface area contributed by atoms with Gasteiger partial charge in [0.2, 0.25) is 0 Å². The van der Waals surface area contributed by atoms with Crippen molar-refractivity contribution < 1.29 is 9.53 Å². The molecule has 2 nitrogen and oxygen atoms in total. The van der Waals surface area contributed by atoms with Crippen molar-refractivity contribution in [2.75, 3.05) is 0 Å². The first kappa shape index (κ1) is 37.2. The van der Waals surface area contributed by atoms with Gasteiger partial charge in [0.25, 0.3) is 0 Å². The third-order valence-electron chi connectivity index (χ3n) is 7.95. The fourth-order valence-corrected chi connectivity index (χ4v) is 5.33. The summed E-state index contributed by atoms with van der Waals surface area (Å²) in [5.74, 6) is 0.0520. The molecule has 1 unspecified atom stereocenters. The van der Waals surface area contributed by atoms with Gasteiger partial charge in [0.05, 0.1) is 0 Å². The summed E-state index contributed by atoms with van der Waals surface area (Å²) in [4.78, 5) is 12.5. The number of rotatable bonds is 31. The van der Waals surface area contributed by atoms with Crippen LogP contribution in [0.1, 0.15) is 207 Å². The van der Waals surface area contributed by atoms with Crippen molar-refractivity contribution in [3.63, 3.8) is 0 Å². The average Bonchev–Trinajstić information content (AvgIpc) is 2.91. The van der Waals surface area contributed by atoms with Crippen LogP contribution in [-0.4, -0.2) is 12.1 Å². The number of hydrogen-bond donors (Lipinski definition) is 0. The fraction of sp³-hybridized carbons (Fsp3) is 0.917. The van der Waals surface area contributed by atoms with Crippen LogP contribution in [0.3, 0.4) is 0 Å². The quantitative estimate of drug-likeness (QED) is 0.0502. The molecule has 0 N–H and O–H groups in total. The lowest BCUT2D eigenvalue weighted by atomic mass is 10.0. The number of unbranched alkanes of at least 4 members (excludes halogenated alkanes) is 22. The van der Waals surface area contributed by atoms with Crippen LogP contribution in [-0.2, 0) is 9.53 Å². The number of carbonyl (C=O) groups is 1. The van der Waals surface area contributed by atoms with Gasteiger partial charge in [0.15, 0.2) is 0 Å². The molecule has 0 aliphatic carbocycles. The summed E-state index contributed by atoms with van der Waals surface area (Å²) < 4.78 is 5.95. The van der Waals surface area contributed by atoms with Gasteiger partial charge < -0.3 is 4.74 Å². The Labute approximate surface area is 240 Å². The lowest BCUT2D eigenvalue weighted by Gasteiger charge is -2.18. The summed E-state index contributed by atoms with van der Waals surface area (Å²) in [7, 11) is 0. The molecular formula is C36H70O2. The first-order chi connectivity index (χ1) is 18.7. The maximum atomic E-state index is 12.5. The van der Waals surface area contributed by atoms with Gasteiger partial charge in [0.1, 0.15) is 6.10 Å². The topological polar surface area (TPSA) is 26.3 Å². The van der Waals surface area contributed by atoms with Crippen molar-refractivity contribution in [3.05, 3.63) is 12.2 Å². The normalized spacial score (nSPS) is 12.4. The average molecular weight is 535 g/mol. The van der Waals surface area contributed by atoms with E-state index in [0.29, 0.717) is 6.42 Å². The van der Waals surface area contributed by atoms with E-state index < -0.39 is 0 Å². The summed E-state index contributed by atoms with van der Waals surface area (Å²) in [5.41, 5.74) is 0. The van der Waals surface area contributed by atoms with Crippen LogP contribution in [0.4, 0.5) is 0 Å². The van der Waals surface area contributed by atoms with Crippen molar-refractivity contribution >= 4 is 5.97 Å². The molecule has 0 aromatic heterocycles. The predicted octanol–water partition coefficient (Wildman–Crippen LogP) is 12.8. The Morgan fingerprint density at radius 2 is 0.816 bits per heavy atom. The third-order valence-corrected chi connectivity index (χ3v) is 7.95. The number of carbonyl (C=O) groups excluding carboxylic acids is 1. The summed E-state index contributed by atoms with van der Waals surface area (Å²) >= 11 is 0. The van der Waals surface area contributed by atoms with E-state index in [0.717, 1.165) is 25.7 Å². The first-order valence-corrected chi connectivity index (χ1v) is 17.6. The molecule has 0 aliphatic rings. The summed E-state index contributed by atoms with van der Waals surface area (Å²) in [5, 5.41) is 0. The number of allylic oxidation sites excluding steroid dienone is 2. The zero-order chi connectivity index (χ0) is 27.8. The highest BCUT2D eigenvalue weighted by Crippen LogP contribution is 2.18. The minimum absolute atomic E-state index is 0.0520. The molecule has 2 heteroatoms. The van der Waals surface area contributed by atoms with Crippen molar-refractivity contribution in [2.24, 2.45) is 0 Å². The maximum absolute atomic E-state index is 12.5. The van der Waals surface area contributed by atoms with E-state index in [1.165, 1.54) is 154 Å². The van der Waals surface area contributed by atoms with Crippen LogP contribution in [0, 0.1) is 0 Å². The molecule has 0 rings (SSSR count). The lowest BCUT2D eigenvalue weighted by molar-refractivity contribution is -0.150. The monoisotopic (exact) mass is 535 g/mol. The minimum Gasteiger partial charge on any atom is -0.462 e. The second-order valence-electron chi connectivity index (χ2n) is 11.9. The van der Waals surface area contributed by atoms with E-state index in [9.17, 15) is 4.79 Å². The van der Waals surface area contributed by atoms with Gasteiger partial charge in [-0.25, -0.2) is 0 Å². The largest absolute Gasteiger partial charge is 0.462 e. The zero-order valence-corrected chi connectivity index (χ0v) is 26.6. The Bertz CT molecular complexity index is 484. The molecule has 1 atom stereocenters. The molecule has 0 radical (unpaired) electrons. The van der Waals surface area contributed by atoms with Crippen molar-refractivity contribution in [1.29, 1.82) is 0 Å². The Morgan fingerprint density at radius 1 is 0.474 bits per heavy atom. The van der Waals surface area contributed by atoms with Crippen LogP contribution >= 0.6 is 0 Å². The van der Waals surface area contributed by atoms with Crippen LogP contribution in [0.15, 0.2) is 12.2 Å². The Balaban J connectivity index is 3.74. The van der Waals surface area contributed by atoms with Gasteiger partial charge in [-0.05, 0) is 57.8 Å². The van der Waals surface area contributed by atoms with E-state index in [2.05, 4.69) is 32.9 Å². The van der Waals surface area contributed by atoms with Crippen molar-refractivity contribution in [1.82, 2.24) is 0 Å². The van der Waals surface area contributed by atoms with Crippen LogP contribution < -0.4 is 0 Å². The minimum atomic E-state index is 0.0520. The van der Waals surface area contributed by atoms with E-state index in [4.69, 9.17) is 4.74 Å². The summed E-state index contributed by atoms with van der Waals surface area (Å²) in [6, 6.07) is 0. The molecule has 0 spiro atoms. The molecular weight excluding hydrogens is 464 g/mol. The number of ether oxygens (including phenoxy) is 1. The summed E-state index contributed by atoms with van der Waals surface area (Å²) in [6.07, 6.45) is 41.7. The van der Waals surface area contributed by atoms with Gasteiger partial charge in [-0.15, -0.1) is 0 Å². The van der Waals surface area contributed by atoms with Crippen LogP contribution in [0.5, 0.6) is 0 Å². The zero-order valence-electron chi connectivity index (χ0n) is 26.6. The molecule has 0 fully saturated rings. The molecule has 0 aromatic rings. The number of hydrogen-bond acceptors (Lipinski definition) is 2. The maximum Gasteiger partial charge on any atom is 0.306 e. The van der Waals surface area contributed by atoms with Crippen LogP contribution in [0.25, 0.3) is 0 Å². The summed E-state index contributed by atoms with van der Waals surface area (Å²) in [6.45, 7) is 6.81. The standard InChI is InChI=1S/C36H70O2/c1-4-7-10-12-14-16-18-19-20-21-22-24-26-28-31-34-36(37)38-35(32-29-9-6-3)33-30-27-25-23-17-15-13-11-8-5-2/h19-20,35H,4-18,21-34H2,1-3H3/b20-19-. The SMILES string of the molecule is CCCCCCCC/C=C\CCCCCCCC(=O)OC(CCCCC)CCCCCCCCCCCC. The van der Waals surface area contributed by atoms with Gasteiger partial charge in [-0.3, -0.25) is 4.79 Å². The van der Waals surface area contributed by atoms with Gasteiger partial charge in [-0.2, -0.15) is 0 Å². The highest BCUT2D eigenvalue weighted by atomic mass is 16.5. The third kappa shape index (κ3) is 29.8. The number of esters is 1. The molecule has 0 saturated heterocycles. The van der Waals surface area contributed by atoms with E-state index >= 15 is 0 Å². The lowest BCUT2D eigenvalue weighted by Crippen LogP contribution is -2.18. The first-order valence-electron chi connectivity index (χ1n) is 17.6. The Morgan fingerprint density at radius 3 is 1.29 bits per heavy atom. The second kappa shape index (κ2) is 32.4. The molecule has 0 bridgehead atoms. The smallest absolute Gasteiger partial charge is 0.306 e. The van der Waals surface area contributed by atoms with Crippen molar-refractivity contribution in [2.45, 2.75) is 213 Å². The van der Waals surface area contributed by atoms with Gasteiger partial charge in [-0.1, -0.05) is 155 Å².